The van der Waals surface area contributed by atoms with E-state index in [1.54, 1.807) is 0 Å². The van der Waals surface area contributed by atoms with E-state index in [0.717, 1.165) is 16.7 Å². The van der Waals surface area contributed by atoms with Crippen LogP contribution in [0.3, 0.4) is 0 Å². The van der Waals surface area contributed by atoms with Crippen LogP contribution in [0.2, 0.25) is 0 Å². The van der Waals surface area contributed by atoms with Crippen LogP contribution in [-0.2, 0) is 20.1 Å². The van der Waals surface area contributed by atoms with E-state index in [9.17, 15) is 0 Å². The first kappa shape index (κ1) is 15.0. The standard InChI is InChI=1S/C19H15N2.Ir/c1-13-6-3-4-7-15(13)16-8-5-9-18-17(16)10-11-21-12-14(2)20-19(18)21;/h3-8,10-12H,1-2H3;/q-1;. The van der Waals surface area contributed by atoms with E-state index < -0.39 is 0 Å². The molecule has 0 bridgehead atoms. The van der Waals surface area contributed by atoms with Gasteiger partial charge >= 0.3 is 0 Å². The van der Waals surface area contributed by atoms with E-state index in [1.165, 1.54) is 22.1 Å². The summed E-state index contributed by atoms with van der Waals surface area (Å²) in [7, 11) is 0. The molecule has 4 aromatic rings. The third-order valence-corrected chi connectivity index (χ3v) is 3.95. The Labute approximate surface area is 143 Å². The van der Waals surface area contributed by atoms with Crippen LogP contribution in [-0.4, -0.2) is 9.38 Å². The molecule has 0 aliphatic heterocycles. The number of fused-ring (bicyclic) bond motifs is 3. The molecule has 0 saturated carbocycles. The number of hydrogen-bond donors (Lipinski definition) is 0. The van der Waals surface area contributed by atoms with E-state index >= 15 is 0 Å². The molecule has 0 unspecified atom stereocenters. The zero-order valence-corrected chi connectivity index (χ0v) is 14.8. The average Bonchev–Trinajstić information content (AvgIpc) is 2.88. The van der Waals surface area contributed by atoms with Gasteiger partial charge in [-0.05, 0) is 31.2 Å². The van der Waals surface area contributed by atoms with Gasteiger partial charge in [-0.15, -0.1) is 23.6 Å². The first-order valence-electron chi connectivity index (χ1n) is 7.09. The molecular formula is C19H15IrN2-. The third-order valence-electron chi connectivity index (χ3n) is 3.95. The normalized spacial score (nSPS) is 10.8. The molecule has 0 aliphatic rings. The monoisotopic (exact) mass is 464 g/mol. The Morgan fingerprint density at radius 1 is 1.00 bits per heavy atom. The van der Waals surface area contributed by atoms with Crippen molar-refractivity contribution in [3.63, 3.8) is 0 Å². The number of aromatic nitrogens is 2. The van der Waals surface area contributed by atoms with Gasteiger partial charge in [0.2, 0.25) is 0 Å². The zero-order chi connectivity index (χ0) is 14.4. The second-order valence-corrected chi connectivity index (χ2v) is 5.42. The molecule has 1 radical (unpaired) electrons. The van der Waals surface area contributed by atoms with Crippen molar-refractivity contribution >= 4 is 16.4 Å². The van der Waals surface area contributed by atoms with E-state index in [2.05, 4.69) is 65.0 Å². The summed E-state index contributed by atoms with van der Waals surface area (Å²) in [6, 6.07) is 18.1. The fraction of sp³-hybridized carbons (Fsp3) is 0.105. The summed E-state index contributed by atoms with van der Waals surface area (Å²) >= 11 is 0. The molecule has 0 fully saturated rings. The largest absolute Gasteiger partial charge is 0.347 e. The van der Waals surface area contributed by atoms with Crippen LogP contribution in [0.15, 0.2) is 54.9 Å². The average molecular weight is 464 g/mol. The van der Waals surface area contributed by atoms with Crippen molar-refractivity contribution in [2.45, 2.75) is 13.8 Å². The van der Waals surface area contributed by atoms with Crippen molar-refractivity contribution in [2.75, 3.05) is 0 Å². The minimum absolute atomic E-state index is 0. The van der Waals surface area contributed by atoms with Gasteiger partial charge in [-0.1, -0.05) is 41.3 Å². The second kappa shape index (κ2) is 5.68. The Hall–Kier alpha value is -1.96. The fourth-order valence-electron chi connectivity index (χ4n) is 2.95. The van der Waals surface area contributed by atoms with Gasteiger partial charge in [0, 0.05) is 32.0 Å². The molecule has 3 heteroatoms. The molecule has 0 aliphatic carbocycles. The molecule has 2 aromatic heterocycles. The van der Waals surface area contributed by atoms with Crippen LogP contribution >= 0.6 is 0 Å². The summed E-state index contributed by atoms with van der Waals surface area (Å²) in [4.78, 5) is 4.63. The van der Waals surface area contributed by atoms with Crippen LogP contribution in [0.1, 0.15) is 11.3 Å². The number of nitrogens with zero attached hydrogens (tertiary/aromatic N) is 2. The topological polar surface area (TPSA) is 17.3 Å². The summed E-state index contributed by atoms with van der Waals surface area (Å²) in [5.41, 5.74) is 5.79. The molecule has 0 N–H and O–H groups in total. The maximum atomic E-state index is 4.63. The molecule has 0 atom stereocenters. The van der Waals surface area contributed by atoms with Gasteiger partial charge in [0.15, 0.2) is 0 Å². The van der Waals surface area contributed by atoms with Gasteiger partial charge in [0.1, 0.15) is 0 Å². The van der Waals surface area contributed by atoms with Crippen molar-refractivity contribution in [1.29, 1.82) is 0 Å². The fourth-order valence-corrected chi connectivity index (χ4v) is 2.95. The summed E-state index contributed by atoms with van der Waals surface area (Å²) in [5, 5.41) is 2.27. The molecule has 0 spiro atoms. The maximum Gasteiger partial charge on any atom is 0.0607 e. The van der Waals surface area contributed by atoms with Crippen molar-refractivity contribution in [3.05, 3.63) is 72.2 Å². The van der Waals surface area contributed by atoms with Crippen LogP contribution < -0.4 is 0 Å². The maximum absolute atomic E-state index is 4.63. The molecule has 2 aromatic carbocycles. The van der Waals surface area contributed by atoms with Crippen LogP contribution in [0, 0.1) is 19.9 Å². The van der Waals surface area contributed by atoms with E-state index in [4.69, 9.17) is 0 Å². The zero-order valence-electron chi connectivity index (χ0n) is 12.4. The van der Waals surface area contributed by atoms with Gasteiger partial charge in [0.05, 0.1) is 5.65 Å². The van der Waals surface area contributed by atoms with Gasteiger partial charge < -0.3 is 4.40 Å². The Morgan fingerprint density at radius 3 is 2.64 bits per heavy atom. The SMILES string of the molecule is Cc1cn2ccc3c(-c4ccccc4C)cc[c-]c3c2n1.[Ir]. The van der Waals surface area contributed by atoms with E-state index in [0.29, 0.717) is 0 Å². The summed E-state index contributed by atoms with van der Waals surface area (Å²) in [6.07, 6.45) is 4.12. The van der Waals surface area contributed by atoms with Gasteiger partial charge in [0.25, 0.3) is 0 Å². The summed E-state index contributed by atoms with van der Waals surface area (Å²) < 4.78 is 2.07. The van der Waals surface area contributed by atoms with Crippen LogP contribution in [0.4, 0.5) is 0 Å². The smallest absolute Gasteiger partial charge is 0.0607 e. The first-order valence-corrected chi connectivity index (χ1v) is 7.09. The Balaban J connectivity index is 0.00000144. The number of hydrogen-bond acceptors (Lipinski definition) is 1. The van der Waals surface area contributed by atoms with Crippen LogP contribution in [0.5, 0.6) is 0 Å². The number of rotatable bonds is 1. The number of aryl methyl sites for hydroxylation is 2. The van der Waals surface area contributed by atoms with Gasteiger partial charge in [-0.2, -0.15) is 0 Å². The Kier molecular flexibility index (Phi) is 3.86. The minimum atomic E-state index is 0. The van der Waals surface area contributed by atoms with Crippen molar-refractivity contribution < 1.29 is 20.1 Å². The molecule has 0 amide bonds. The molecular weight excluding hydrogens is 448 g/mol. The molecule has 4 rings (SSSR count). The van der Waals surface area contributed by atoms with Crippen LogP contribution in [0.25, 0.3) is 27.5 Å². The summed E-state index contributed by atoms with van der Waals surface area (Å²) in [6.45, 7) is 4.17. The summed E-state index contributed by atoms with van der Waals surface area (Å²) in [5.74, 6) is 0. The van der Waals surface area contributed by atoms with Crippen molar-refractivity contribution in [3.8, 4) is 11.1 Å². The number of pyridine rings is 1. The van der Waals surface area contributed by atoms with Crippen molar-refractivity contribution in [2.24, 2.45) is 0 Å². The van der Waals surface area contributed by atoms with E-state index in [1.807, 2.05) is 19.2 Å². The number of imidazole rings is 1. The molecule has 2 nitrogen and oxygen atoms in total. The minimum Gasteiger partial charge on any atom is -0.347 e. The second-order valence-electron chi connectivity index (χ2n) is 5.42. The molecule has 22 heavy (non-hydrogen) atoms. The number of benzene rings is 2. The Bertz CT molecular complexity index is 970. The van der Waals surface area contributed by atoms with Gasteiger partial charge in [-0.3, -0.25) is 4.98 Å². The predicted octanol–water partition coefficient (Wildman–Crippen LogP) is 4.57. The predicted molar refractivity (Wildman–Crippen MR) is 86.4 cm³/mol. The third kappa shape index (κ3) is 2.27. The van der Waals surface area contributed by atoms with E-state index in [-0.39, 0.29) is 20.1 Å². The molecule has 0 saturated heterocycles. The first-order chi connectivity index (χ1) is 10.2. The van der Waals surface area contributed by atoms with Gasteiger partial charge in [-0.25, -0.2) is 0 Å². The molecule has 111 valence electrons. The molecule has 2 heterocycles. The Morgan fingerprint density at radius 2 is 1.82 bits per heavy atom. The van der Waals surface area contributed by atoms with Crippen molar-refractivity contribution in [1.82, 2.24) is 9.38 Å². The quantitative estimate of drug-likeness (QED) is 0.378.